The molecular weight excluding hydrogens is 316 g/mol. The van der Waals surface area contributed by atoms with E-state index in [0.717, 1.165) is 48.7 Å². The van der Waals surface area contributed by atoms with Crippen LogP contribution < -0.4 is 5.32 Å². The molecule has 1 amide bonds. The molecule has 0 bridgehead atoms. The van der Waals surface area contributed by atoms with Crippen LogP contribution in [0.25, 0.3) is 0 Å². The van der Waals surface area contributed by atoms with E-state index in [1.807, 2.05) is 20.8 Å². The Morgan fingerprint density at radius 1 is 1.32 bits per heavy atom. The van der Waals surface area contributed by atoms with Crippen molar-refractivity contribution in [3.05, 3.63) is 28.8 Å². The van der Waals surface area contributed by atoms with E-state index < -0.39 is 0 Å². The van der Waals surface area contributed by atoms with E-state index in [4.69, 9.17) is 0 Å². The number of aromatic nitrogens is 4. The topological polar surface area (TPSA) is 78.8 Å². The first-order valence-electron chi connectivity index (χ1n) is 9.00. The number of nitrogens with one attached hydrogen (secondary N) is 2. The Morgan fingerprint density at radius 3 is 2.76 bits per heavy atom. The summed E-state index contributed by atoms with van der Waals surface area (Å²) in [6, 6.07) is 2.45. The lowest BCUT2D eigenvalue weighted by Crippen LogP contribution is -2.46. The number of likely N-dealkylation sites (tertiary alicyclic amines) is 1. The average molecular weight is 344 g/mol. The molecule has 25 heavy (non-hydrogen) atoms. The third-order valence-electron chi connectivity index (χ3n) is 4.98. The molecule has 0 spiro atoms. The summed E-state index contributed by atoms with van der Waals surface area (Å²) >= 11 is 0. The molecule has 0 radical (unpaired) electrons. The molecule has 1 aliphatic rings. The van der Waals surface area contributed by atoms with Gasteiger partial charge in [0.25, 0.3) is 0 Å². The van der Waals surface area contributed by atoms with Crippen LogP contribution >= 0.6 is 0 Å². The third kappa shape index (κ3) is 4.10. The highest BCUT2D eigenvalue weighted by Crippen LogP contribution is 2.20. The molecule has 3 heterocycles. The molecule has 1 saturated heterocycles. The summed E-state index contributed by atoms with van der Waals surface area (Å²) in [5, 5.41) is 14.6. The summed E-state index contributed by atoms with van der Waals surface area (Å²) < 4.78 is 2.07. The molecule has 136 valence electrons. The summed E-state index contributed by atoms with van der Waals surface area (Å²) in [5.74, 6) is 0.0212. The van der Waals surface area contributed by atoms with Crippen LogP contribution in [0.3, 0.4) is 0 Å². The molecule has 0 aromatic carbocycles. The number of hydrogen-bond acceptors (Lipinski definition) is 4. The van der Waals surface area contributed by atoms with Crippen LogP contribution in [-0.4, -0.2) is 49.9 Å². The van der Waals surface area contributed by atoms with Crippen LogP contribution in [-0.2, 0) is 11.3 Å². The highest BCUT2D eigenvalue weighted by Gasteiger charge is 2.25. The summed E-state index contributed by atoms with van der Waals surface area (Å²) in [7, 11) is 0. The van der Waals surface area contributed by atoms with Crippen molar-refractivity contribution in [2.45, 2.75) is 59.5 Å². The second-order valence-electron chi connectivity index (χ2n) is 7.09. The number of H-pyrrole nitrogens is 1. The van der Waals surface area contributed by atoms with Gasteiger partial charge in [-0.2, -0.15) is 10.2 Å². The molecule has 7 heteroatoms. The van der Waals surface area contributed by atoms with Gasteiger partial charge in [0.2, 0.25) is 5.91 Å². The molecule has 2 aromatic rings. The predicted octanol–water partition coefficient (Wildman–Crippen LogP) is 2.33. The number of nitrogens with zero attached hydrogens (tertiary/aromatic N) is 4. The molecule has 1 aliphatic heterocycles. The van der Waals surface area contributed by atoms with E-state index in [9.17, 15) is 4.79 Å². The second-order valence-corrected chi connectivity index (χ2v) is 7.09. The molecule has 0 saturated carbocycles. The Hall–Kier alpha value is -2.15. The van der Waals surface area contributed by atoms with Crippen LogP contribution in [0.5, 0.6) is 0 Å². The zero-order valence-electron chi connectivity index (χ0n) is 15.6. The lowest BCUT2D eigenvalue weighted by Gasteiger charge is -2.35. The first kappa shape index (κ1) is 17.7. The van der Waals surface area contributed by atoms with Crippen LogP contribution in [0.15, 0.2) is 6.07 Å². The molecular formula is C18H28N6O. The summed E-state index contributed by atoms with van der Waals surface area (Å²) in [5.41, 5.74) is 4.74. The third-order valence-corrected chi connectivity index (χ3v) is 4.98. The van der Waals surface area contributed by atoms with E-state index in [2.05, 4.69) is 43.2 Å². The molecule has 0 unspecified atom stereocenters. The fourth-order valence-corrected chi connectivity index (χ4v) is 3.63. The molecule has 3 rings (SSSR count). The highest BCUT2D eigenvalue weighted by atomic mass is 16.2. The number of hydrogen-bond donors (Lipinski definition) is 2. The predicted molar refractivity (Wildman–Crippen MR) is 97.6 cm³/mol. The van der Waals surface area contributed by atoms with Crippen molar-refractivity contribution in [1.82, 2.24) is 24.9 Å². The SMILES string of the molecule is Cc1cc(C)n(C[C@@H]2CCCCN2CC(=O)Nc2c(C)n[nH]c2C)n1. The number of carbonyl (C=O) groups is 1. The van der Waals surface area contributed by atoms with E-state index in [0.29, 0.717) is 12.6 Å². The van der Waals surface area contributed by atoms with Gasteiger partial charge in [-0.3, -0.25) is 19.5 Å². The van der Waals surface area contributed by atoms with E-state index >= 15 is 0 Å². The van der Waals surface area contributed by atoms with Gasteiger partial charge in [-0.25, -0.2) is 0 Å². The molecule has 2 aromatic heterocycles. The van der Waals surface area contributed by atoms with Crippen LogP contribution in [0.2, 0.25) is 0 Å². The maximum atomic E-state index is 12.5. The van der Waals surface area contributed by atoms with Crippen molar-refractivity contribution in [3.63, 3.8) is 0 Å². The first-order chi connectivity index (χ1) is 11.9. The molecule has 1 fully saturated rings. The molecule has 1 atom stereocenters. The zero-order valence-corrected chi connectivity index (χ0v) is 15.6. The Bertz CT molecular complexity index is 727. The molecule has 2 N–H and O–H groups in total. The van der Waals surface area contributed by atoms with Crippen molar-refractivity contribution >= 4 is 11.6 Å². The smallest absolute Gasteiger partial charge is 0.238 e. The Morgan fingerprint density at radius 2 is 2.12 bits per heavy atom. The van der Waals surface area contributed by atoms with Gasteiger partial charge in [-0.15, -0.1) is 0 Å². The van der Waals surface area contributed by atoms with Crippen molar-refractivity contribution in [2.75, 3.05) is 18.4 Å². The summed E-state index contributed by atoms with van der Waals surface area (Å²) in [6.07, 6.45) is 3.46. The maximum Gasteiger partial charge on any atom is 0.238 e. The Labute approximate surface area is 148 Å². The normalized spacial score (nSPS) is 18.5. The molecule has 7 nitrogen and oxygen atoms in total. The Balaban J connectivity index is 1.64. The van der Waals surface area contributed by atoms with Gasteiger partial charge in [0.15, 0.2) is 0 Å². The standard InChI is InChI=1S/C18H28N6O/c1-12-9-13(2)24(22-12)10-16-7-5-6-8-23(16)11-17(25)19-18-14(3)20-21-15(18)4/h9,16H,5-8,10-11H2,1-4H3,(H,19,25)(H,20,21)/t16-/m0/s1. The number of aryl methyl sites for hydroxylation is 4. The number of anilines is 1. The van der Waals surface area contributed by atoms with Gasteiger partial charge < -0.3 is 5.32 Å². The average Bonchev–Trinajstić information content (AvgIpc) is 3.04. The lowest BCUT2D eigenvalue weighted by atomic mass is 10.0. The van der Waals surface area contributed by atoms with Gasteiger partial charge in [0.1, 0.15) is 0 Å². The van der Waals surface area contributed by atoms with E-state index in [1.54, 1.807) is 0 Å². The zero-order chi connectivity index (χ0) is 18.0. The Kier molecular flexibility index (Phi) is 5.22. The first-order valence-corrected chi connectivity index (χ1v) is 9.00. The van der Waals surface area contributed by atoms with Gasteiger partial charge in [0.05, 0.1) is 35.9 Å². The minimum absolute atomic E-state index is 0.0212. The second kappa shape index (κ2) is 7.39. The lowest BCUT2D eigenvalue weighted by molar-refractivity contribution is -0.118. The number of carbonyl (C=O) groups excluding carboxylic acids is 1. The minimum Gasteiger partial charge on any atom is -0.322 e. The van der Waals surface area contributed by atoms with Gasteiger partial charge in [-0.05, 0) is 53.1 Å². The minimum atomic E-state index is 0.0212. The number of aromatic amines is 1. The molecule has 0 aliphatic carbocycles. The van der Waals surface area contributed by atoms with Crippen molar-refractivity contribution < 1.29 is 4.79 Å². The van der Waals surface area contributed by atoms with Crippen LogP contribution in [0.4, 0.5) is 5.69 Å². The number of rotatable bonds is 5. The maximum absolute atomic E-state index is 12.5. The van der Waals surface area contributed by atoms with Gasteiger partial charge >= 0.3 is 0 Å². The van der Waals surface area contributed by atoms with Gasteiger partial charge in [0, 0.05) is 11.7 Å². The van der Waals surface area contributed by atoms with E-state index in [-0.39, 0.29) is 5.91 Å². The quantitative estimate of drug-likeness (QED) is 0.872. The fourth-order valence-electron chi connectivity index (χ4n) is 3.63. The largest absolute Gasteiger partial charge is 0.322 e. The van der Waals surface area contributed by atoms with E-state index in [1.165, 1.54) is 12.1 Å². The van der Waals surface area contributed by atoms with Crippen LogP contribution in [0, 0.1) is 27.7 Å². The van der Waals surface area contributed by atoms with Crippen LogP contribution in [0.1, 0.15) is 42.0 Å². The summed E-state index contributed by atoms with van der Waals surface area (Å²) in [4.78, 5) is 14.8. The van der Waals surface area contributed by atoms with Crippen molar-refractivity contribution in [1.29, 1.82) is 0 Å². The summed E-state index contributed by atoms with van der Waals surface area (Å²) in [6.45, 7) is 10.1. The highest BCUT2D eigenvalue weighted by molar-refractivity contribution is 5.93. The van der Waals surface area contributed by atoms with Gasteiger partial charge in [-0.1, -0.05) is 6.42 Å². The number of amides is 1. The van der Waals surface area contributed by atoms with Crippen molar-refractivity contribution in [2.24, 2.45) is 0 Å². The van der Waals surface area contributed by atoms with Crippen molar-refractivity contribution in [3.8, 4) is 0 Å². The monoisotopic (exact) mass is 344 g/mol. The number of piperidine rings is 1. The fraction of sp³-hybridized carbons (Fsp3) is 0.611.